The van der Waals surface area contributed by atoms with Gasteiger partial charge in [0.1, 0.15) is 0 Å². The SMILES string of the molecule is CN1CCN(C=CCS(=O)(=O)c2ccc(-c3c(O)[nH]c4ccc(C(=O)NCc5ccccc5)cc34)nc2)CC1.Cl. The number of benzene rings is 2. The van der Waals surface area contributed by atoms with Gasteiger partial charge >= 0.3 is 0 Å². The van der Waals surface area contributed by atoms with Crippen LogP contribution in [0.1, 0.15) is 15.9 Å². The molecular formula is C29H32ClN5O4S. The summed E-state index contributed by atoms with van der Waals surface area (Å²) in [7, 11) is -1.50. The summed E-state index contributed by atoms with van der Waals surface area (Å²) >= 11 is 0. The molecule has 0 saturated carbocycles. The lowest BCUT2D eigenvalue weighted by Crippen LogP contribution is -2.41. The fourth-order valence-electron chi connectivity index (χ4n) is 4.56. The van der Waals surface area contributed by atoms with Crippen molar-refractivity contribution >= 4 is 39.1 Å². The number of aromatic hydroxyl groups is 1. The molecule has 1 saturated heterocycles. The van der Waals surface area contributed by atoms with Crippen LogP contribution in [0.15, 0.2) is 84.0 Å². The number of H-pyrrole nitrogens is 1. The number of rotatable bonds is 8. The molecule has 2 aromatic carbocycles. The molecule has 2 aromatic heterocycles. The van der Waals surface area contributed by atoms with Crippen LogP contribution >= 0.6 is 12.4 Å². The van der Waals surface area contributed by atoms with E-state index in [2.05, 4.69) is 32.1 Å². The fourth-order valence-corrected chi connectivity index (χ4v) is 5.58. The molecule has 1 aliphatic rings. The van der Waals surface area contributed by atoms with Gasteiger partial charge in [-0.1, -0.05) is 36.4 Å². The number of halogens is 1. The number of likely N-dealkylation sites (N-methyl/N-ethyl adjacent to an activating group) is 1. The fraction of sp³-hybridized carbons (Fsp3) is 0.241. The lowest BCUT2D eigenvalue weighted by atomic mass is 10.1. The van der Waals surface area contributed by atoms with Crippen molar-refractivity contribution in [2.24, 2.45) is 0 Å². The van der Waals surface area contributed by atoms with Crippen LogP contribution in [0.25, 0.3) is 22.2 Å². The summed E-state index contributed by atoms with van der Waals surface area (Å²) in [4.78, 5) is 24.5. The van der Waals surface area contributed by atoms with Crippen LogP contribution in [0.3, 0.4) is 0 Å². The standard InChI is InChI=1S/C29H31N5O4S.ClH/c1-33-13-15-34(16-14-33)12-5-17-39(37,38)23-9-11-26(30-20-23)27-24-18-22(8-10-25(24)32-29(27)36)28(35)31-19-21-6-3-2-4-7-21;/h2-12,18,20,32,36H,13-17,19H2,1H3,(H,31,35);1H. The average molecular weight is 582 g/mol. The first-order valence-electron chi connectivity index (χ1n) is 12.8. The van der Waals surface area contributed by atoms with Gasteiger partial charge in [-0.3, -0.25) is 9.78 Å². The summed E-state index contributed by atoms with van der Waals surface area (Å²) in [5, 5.41) is 14.1. The average Bonchev–Trinajstić information content (AvgIpc) is 3.28. The Morgan fingerprint density at radius 2 is 1.82 bits per heavy atom. The molecule has 1 fully saturated rings. The molecule has 5 rings (SSSR count). The van der Waals surface area contributed by atoms with Crippen molar-refractivity contribution in [2.75, 3.05) is 39.0 Å². The van der Waals surface area contributed by atoms with E-state index < -0.39 is 9.84 Å². The van der Waals surface area contributed by atoms with E-state index in [1.165, 1.54) is 12.3 Å². The van der Waals surface area contributed by atoms with Crippen LogP contribution in [0.2, 0.25) is 0 Å². The number of sulfone groups is 1. The van der Waals surface area contributed by atoms with E-state index >= 15 is 0 Å². The Morgan fingerprint density at radius 1 is 1.07 bits per heavy atom. The minimum atomic E-state index is -3.57. The number of carbonyl (C=O) groups is 1. The highest BCUT2D eigenvalue weighted by Crippen LogP contribution is 2.36. The normalized spacial score (nSPS) is 14.4. The molecule has 11 heteroatoms. The molecule has 0 spiro atoms. The first-order chi connectivity index (χ1) is 18.8. The van der Waals surface area contributed by atoms with Crippen LogP contribution < -0.4 is 5.32 Å². The highest BCUT2D eigenvalue weighted by Gasteiger charge is 2.19. The van der Waals surface area contributed by atoms with Crippen LogP contribution in [-0.4, -0.2) is 78.2 Å². The third-order valence-electron chi connectivity index (χ3n) is 6.86. The number of hydrogen-bond acceptors (Lipinski definition) is 7. The third-order valence-corrected chi connectivity index (χ3v) is 8.45. The molecule has 40 heavy (non-hydrogen) atoms. The number of fused-ring (bicyclic) bond motifs is 1. The Bertz CT molecular complexity index is 1600. The maximum absolute atomic E-state index is 12.9. The quantitative estimate of drug-likeness (QED) is 0.289. The zero-order valence-corrected chi connectivity index (χ0v) is 23.7. The zero-order valence-electron chi connectivity index (χ0n) is 22.1. The number of piperazine rings is 1. The molecule has 1 amide bonds. The van der Waals surface area contributed by atoms with Crippen molar-refractivity contribution in [2.45, 2.75) is 11.4 Å². The molecule has 4 aromatic rings. The van der Waals surface area contributed by atoms with Gasteiger partial charge in [-0.2, -0.15) is 0 Å². The molecular weight excluding hydrogens is 550 g/mol. The zero-order chi connectivity index (χ0) is 27.4. The molecule has 3 N–H and O–H groups in total. The monoisotopic (exact) mass is 581 g/mol. The number of carbonyl (C=O) groups excluding carboxylic acids is 1. The molecule has 1 aliphatic heterocycles. The van der Waals surface area contributed by atoms with Crippen molar-refractivity contribution in [1.82, 2.24) is 25.1 Å². The van der Waals surface area contributed by atoms with E-state index in [4.69, 9.17) is 0 Å². The highest BCUT2D eigenvalue weighted by molar-refractivity contribution is 7.91. The molecule has 0 unspecified atom stereocenters. The van der Waals surface area contributed by atoms with Gasteiger partial charge in [-0.15, -0.1) is 12.4 Å². The van der Waals surface area contributed by atoms with Gasteiger partial charge in [-0.25, -0.2) is 8.42 Å². The van der Waals surface area contributed by atoms with Gasteiger partial charge in [-0.05, 0) is 49.1 Å². The predicted molar refractivity (Wildman–Crippen MR) is 158 cm³/mol. The maximum atomic E-state index is 12.9. The highest BCUT2D eigenvalue weighted by atomic mass is 35.5. The first-order valence-corrected chi connectivity index (χ1v) is 14.4. The summed E-state index contributed by atoms with van der Waals surface area (Å²) in [5.41, 5.74) is 2.86. The topological polar surface area (TPSA) is 119 Å². The molecule has 210 valence electrons. The predicted octanol–water partition coefficient (Wildman–Crippen LogP) is 3.82. The van der Waals surface area contributed by atoms with E-state index in [0.29, 0.717) is 34.3 Å². The Hall–Kier alpha value is -3.86. The molecule has 0 radical (unpaired) electrons. The number of nitrogens with one attached hydrogen (secondary N) is 2. The molecule has 0 atom stereocenters. The number of pyridine rings is 1. The largest absolute Gasteiger partial charge is 0.494 e. The lowest BCUT2D eigenvalue weighted by Gasteiger charge is -2.31. The lowest BCUT2D eigenvalue weighted by molar-refractivity contribution is 0.0951. The summed E-state index contributed by atoms with van der Waals surface area (Å²) < 4.78 is 25.7. The van der Waals surface area contributed by atoms with Crippen molar-refractivity contribution in [3.8, 4) is 17.1 Å². The number of amides is 1. The second-order valence-corrected chi connectivity index (χ2v) is 11.7. The van der Waals surface area contributed by atoms with Gasteiger partial charge in [0.05, 0.1) is 21.9 Å². The minimum absolute atomic E-state index is 0. The first kappa shape index (κ1) is 29.1. The van der Waals surface area contributed by atoms with Crippen molar-refractivity contribution in [3.63, 3.8) is 0 Å². The van der Waals surface area contributed by atoms with Crippen molar-refractivity contribution in [3.05, 3.63) is 90.3 Å². The van der Waals surface area contributed by atoms with Crippen LogP contribution in [0.5, 0.6) is 5.88 Å². The van der Waals surface area contributed by atoms with Crippen LogP contribution in [-0.2, 0) is 16.4 Å². The van der Waals surface area contributed by atoms with Gasteiger partial charge in [0, 0.05) is 55.4 Å². The minimum Gasteiger partial charge on any atom is -0.494 e. The Labute approximate surface area is 239 Å². The van der Waals surface area contributed by atoms with E-state index in [1.54, 1.807) is 30.3 Å². The van der Waals surface area contributed by atoms with E-state index in [0.717, 1.165) is 31.7 Å². The Kier molecular flexibility index (Phi) is 9.14. The summed E-state index contributed by atoms with van der Waals surface area (Å²) in [5.74, 6) is -0.475. The number of aromatic nitrogens is 2. The van der Waals surface area contributed by atoms with Gasteiger partial charge in [0.2, 0.25) is 0 Å². The number of hydrogen-bond donors (Lipinski definition) is 3. The molecule has 0 bridgehead atoms. The summed E-state index contributed by atoms with van der Waals surface area (Å²) in [6.07, 6.45) is 4.83. The second kappa shape index (κ2) is 12.5. The second-order valence-electron chi connectivity index (χ2n) is 9.66. The van der Waals surface area contributed by atoms with Crippen LogP contribution in [0.4, 0.5) is 0 Å². The third kappa shape index (κ3) is 6.64. The number of aromatic amines is 1. The molecule has 3 heterocycles. The van der Waals surface area contributed by atoms with Gasteiger partial charge in [0.15, 0.2) is 15.7 Å². The summed E-state index contributed by atoms with van der Waals surface area (Å²) in [6, 6.07) is 17.8. The maximum Gasteiger partial charge on any atom is 0.251 e. The Balaban J connectivity index is 0.00000370. The van der Waals surface area contributed by atoms with Crippen LogP contribution in [0, 0.1) is 0 Å². The van der Waals surface area contributed by atoms with E-state index in [-0.39, 0.29) is 34.8 Å². The van der Waals surface area contributed by atoms with Gasteiger partial charge in [0.25, 0.3) is 5.91 Å². The summed E-state index contributed by atoms with van der Waals surface area (Å²) in [6.45, 7) is 4.03. The van der Waals surface area contributed by atoms with Gasteiger partial charge < -0.3 is 25.2 Å². The Morgan fingerprint density at radius 3 is 2.52 bits per heavy atom. The van der Waals surface area contributed by atoms with E-state index in [1.807, 2.05) is 36.5 Å². The molecule has 9 nitrogen and oxygen atoms in total. The smallest absolute Gasteiger partial charge is 0.251 e. The van der Waals surface area contributed by atoms with Crippen molar-refractivity contribution in [1.29, 1.82) is 0 Å². The van der Waals surface area contributed by atoms with Crippen molar-refractivity contribution < 1.29 is 18.3 Å². The number of nitrogens with zero attached hydrogens (tertiary/aromatic N) is 3. The van der Waals surface area contributed by atoms with E-state index in [9.17, 15) is 18.3 Å². The molecule has 0 aliphatic carbocycles.